The summed E-state index contributed by atoms with van der Waals surface area (Å²) in [5, 5.41) is 3.13. The number of nitrogens with one attached hydrogen (secondary N) is 1. The van der Waals surface area contributed by atoms with Gasteiger partial charge in [-0.2, -0.15) is 0 Å². The standard InChI is InChI=1S/C14H14BrFN2O/c1-9(17-2)10-3-4-14(18-8-10)19-13-6-11(15)5-12(16)7-13/h3-9,17H,1-2H3. The summed E-state index contributed by atoms with van der Waals surface area (Å²) in [7, 11) is 1.89. The number of nitrogens with zero attached hydrogens (tertiary/aromatic N) is 1. The monoisotopic (exact) mass is 324 g/mol. The molecule has 5 heteroatoms. The van der Waals surface area contributed by atoms with Crippen molar-refractivity contribution in [2.45, 2.75) is 13.0 Å². The van der Waals surface area contributed by atoms with Crippen LogP contribution in [0.3, 0.4) is 0 Å². The van der Waals surface area contributed by atoms with Crippen molar-refractivity contribution in [2.75, 3.05) is 7.05 Å². The fourth-order valence-corrected chi connectivity index (χ4v) is 2.03. The Bertz CT molecular complexity index is 540. The van der Waals surface area contributed by atoms with E-state index in [-0.39, 0.29) is 11.9 Å². The smallest absolute Gasteiger partial charge is 0.219 e. The summed E-state index contributed by atoms with van der Waals surface area (Å²) >= 11 is 3.22. The van der Waals surface area contributed by atoms with Crippen molar-refractivity contribution >= 4 is 15.9 Å². The number of aromatic nitrogens is 1. The zero-order valence-corrected chi connectivity index (χ0v) is 12.2. The van der Waals surface area contributed by atoms with Gasteiger partial charge in [0.25, 0.3) is 0 Å². The zero-order chi connectivity index (χ0) is 13.8. The minimum atomic E-state index is -0.357. The van der Waals surface area contributed by atoms with Crippen LogP contribution in [0.15, 0.2) is 41.0 Å². The molecule has 0 aliphatic carbocycles. The molecule has 0 radical (unpaired) electrons. The van der Waals surface area contributed by atoms with Crippen LogP contribution in [0.1, 0.15) is 18.5 Å². The quantitative estimate of drug-likeness (QED) is 0.921. The van der Waals surface area contributed by atoms with Gasteiger partial charge in [-0.05, 0) is 31.7 Å². The molecule has 1 atom stereocenters. The maximum atomic E-state index is 13.2. The minimum absolute atomic E-state index is 0.227. The predicted molar refractivity (Wildman–Crippen MR) is 75.9 cm³/mol. The van der Waals surface area contributed by atoms with E-state index in [1.54, 1.807) is 18.3 Å². The normalized spacial score (nSPS) is 12.2. The third-order valence-corrected chi connectivity index (χ3v) is 3.21. The topological polar surface area (TPSA) is 34.1 Å². The number of ether oxygens (including phenoxy) is 1. The van der Waals surface area contributed by atoms with Gasteiger partial charge in [0.05, 0.1) is 0 Å². The Morgan fingerprint density at radius 2 is 2.11 bits per heavy atom. The molecule has 2 aromatic rings. The van der Waals surface area contributed by atoms with Crippen molar-refractivity contribution in [1.82, 2.24) is 10.3 Å². The van der Waals surface area contributed by atoms with E-state index < -0.39 is 0 Å². The number of pyridine rings is 1. The number of hydrogen-bond acceptors (Lipinski definition) is 3. The third kappa shape index (κ3) is 3.75. The molecule has 0 bridgehead atoms. The van der Waals surface area contributed by atoms with Crippen LogP contribution in [0.4, 0.5) is 4.39 Å². The maximum Gasteiger partial charge on any atom is 0.219 e. The molecule has 19 heavy (non-hydrogen) atoms. The van der Waals surface area contributed by atoms with Gasteiger partial charge in [0.2, 0.25) is 5.88 Å². The summed E-state index contributed by atoms with van der Waals surface area (Å²) in [6.45, 7) is 2.04. The Morgan fingerprint density at radius 1 is 1.32 bits per heavy atom. The fourth-order valence-electron chi connectivity index (χ4n) is 1.58. The molecule has 1 N–H and O–H groups in total. The van der Waals surface area contributed by atoms with Gasteiger partial charge in [0.1, 0.15) is 11.6 Å². The van der Waals surface area contributed by atoms with E-state index in [2.05, 4.69) is 26.2 Å². The summed E-state index contributed by atoms with van der Waals surface area (Å²) < 4.78 is 19.3. The molecule has 0 saturated carbocycles. The molecule has 0 saturated heterocycles. The molecule has 0 spiro atoms. The van der Waals surface area contributed by atoms with Crippen molar-refractivity contribution in [2.24, 2.45) is 0 Å². The summed E-state index contributed by atoms with van der Waals surface area (Å²) in [6.07, 6.45) is 1.74. The lowest BCUT2D eigenvalue weighted by Crippen LogP contribution is -2.12. The number of benzene rings is 1. The highest BCUT2D eigenvalue weighted by Gasteiger charge is 2.05. The van der Waals surface area contributed by atoms with Crippen molar-refractivity contribution < 1.29 is 9.13 Å². The van der Waals surface area contributed by atoms with Gasteiger partial charge in [-0.3, -0.25) is 0 Å². The van der Waals surface area contributed by atoms with Crippen LogP contribution in [0.2, 0.25) is 0 Å². The lowest BCUT2D eigenvalue weighted by atomic mass is 10.1. The van der Waals surface area contributed by atoms with E-state index in [1.165, 1.54) is 12.1 Å². The zero-order valence-electron chi connectivity index (χ0n) is 10.7. The molecule has 1 aromatic heterocycles. The van der Waals surface area contributed by atoms with Gasteiger partial charge in [0, 0.05) is 28.8 Å². The van der Waals surface area contributed by atoms with Crippen molar-refractivity contribution in [1.29, 1.82) is 0 Å². The van der Waals surface area contributed by atoms with Crippen molar-refractivity contribution in [3.05, 3.63) is 52.4 Å². The summed E-state index contributed by atoms with van der Waals surface area (Å²) in [6, 6.07) is 8.30. The van der Waals surface area contributed by atoms with Crippen LogP contribution in [0, 0.1) is 5.82 Å². The van der Waals surface area contributed by atoms with E-state index in [0.29, 0.717) is 16.1 Å². The van der Waals surface area contributed by atoms with Gasteiger partial charge in [-0.25, -0.2) is 9.37 Å². The maximum absolute atomic E-state index is 13.2. The molecule has 0 aliphatic heterocycles. The number of hydrogen-bond donors (Lipinski definition) is 1. The Kier molecular flexibility index (Phi) is 4.50. The Morgan fingerprint density at radius 3 is 2.68 bits per heavy atom. The van der Waals surface area contributed by atoms with Crippen LogP contribution in [-0.2, 0) is 0 Å². The van der Waals surface area contributed by atoms with E-state index in [1.807, 2.05) is 20.0 Å². The van der Waals surface area contributed by atoms with Crippen molar-refractivity contribution in [3.63, 3.8) is 0 Å². The Labute approximate surface area is 119 Å². The fraction of sp³-hybridized carbons (Fsp3) is 0.214. The molecule has 0 aliphatic rings. The molecule has 0 amide bonds. The van der Waals surface area contributed by atoms with Crippen LogP contribution in [-0.4, -0.2) is 12.0 Å². The molecule has 0 fully saturated rings. The molecule has 100 valence electrons. The van der Waals surface area contributed by atoms with E-state index in [0.717, 1.165) is 5.56 Å². The molecule has 1 heterocycles. The van der Waals surface area contributed by atoms with Crippen LogP contribution in [0.5, 0.6) is 11.6 Å². The van der Waals surface area contributed by atoms with Crippen molar-refractivity contribution in [3.8, 4) is 11.6 Å². The highest BCUT2D eigenvalue weighted by molar-refractivity contribution is 9.10. The minimum Gasteiger partial charge on any atom is -0.439 e. The van der Waals surface area contributed by atoms with E-state index >= 15 is 0 Å². The average molecular weight is 325 g/mol. The number of rotatable bonds is 4. The first-order valence-corrected chi connectivity index (χ1v) is 6.65. The molecule has 1 unspecified atom stereocenters. The third-order valence-electron chi connectivity index (χ3n) is 2.75. The van der Waals surface area contributed by atoms with Gasteiger partial charge in [-0.15, -0.1) is 0 Å². The molecule has 3 nitrogen and oxygen atoms in total. The lowest BCUT2D eigenvalue weighted by molar-refractivity contribution is 0.456. The molecular formula is C14H14BrFN2O. The Balaban J connectivity index is 2.15. The molecular weight excluding hydrogens is 311 g/mol. The van der Waals surface area contributed by atoms with Gasteiger partial charge in [0.15, 0.2) is 0 Å². The van der Waals surface area contributed by atoms with Crippen LogP contribution < -0.4 is 10.1 Å². The van der Waals surface area contributed by atoms with Gasteiger partial charge in [-0.1, -0.05) is 22.0 Å². The second kappa shape index (κ2) is 6.12. The SMILES string of the molecule is CNC(C)c1ccc(Oc2cc(F)cc(Br)c2)nc1. The molecule has 1 aromatic carbocycles. The van der Waals surface area contributed by atoms with E-state index in [4.69, 9.17) is 4.74 Å². The highest BCUT2D eigenvalue weighted by atomic mass is 79.9. The van der Waals surface area contributed by atoms with Gasteiger partial charge >= 0.3 is 0 Å². The van der Waals surface area contributed by atoms with E-state index in [9.17, 15) is 4.39 Å². The average Bonchev–Trinajstić information content (AvgIpc) is 2.37. The van der Waals surface area contributed by atoms with Crippen LogP contribution >= 0.6 is 15.9 Å². The summed E-state index contributed by atoms with van der Waals surface area (Å²) in [4.78, 5) is 4.20. The predicted octanol–water partition coefficient (Wildman–Crippen LogP) is 4.06. The first-order chi connectivity index (χ1) is 9.08. The second-order valence-corrected chi connectivity index (χ2v) is 5.06. The van der Waals surface area contributed by atoms with Gasteiger partial charge < -0.3 is 10.1 Å². The largest absolute Gasteiger partial charge is 0.439 e. The molecule has 2 rings (SSSR count). The highest BCUT2D eigenvalue weighted by Crippen LogP contribution is 2.25. The second-order valence-electron chi connectivity index (χ2n) is 4.15. The number of halogens is 2. The summed E-state index contributed by atoms with van der Waals surface area (Å²) in [5.41, 5.74) is 1.07. The van der Waals surface area contributed by atoms with Crippen LogP contribution in [0.25, 0.3) is 0 Å². The Hall–Kier alpha value is -1.46. The first-order valence-electron chi connectivity index (χ1n) is 5.85. The first kappa shape index (κ1) is 14.0. The summed E-state index contributed by atoms with van der Waals surface area (Å²) in [5.74, 6) is 0.489. The lowest BCUT2D eigenvalue weighted by Gasteiger charge is -2.11.